The van der Waals surface area contributed by atoms with Crippen molar-refractivity contribution < 1.29 is 24.6 Å². The summed E-state index contributed by atoms with van der Waals surface area (Å²) in [6, 6.07) is -1.21. The van der Waals surface area contributed by atoms with Gasteiger partial charge in [0.15, 0.2) is 0 Å². The SMILES string of the molecule is Cc1ncc(C(=O)N[C@@H](CCC(=O)O)C(=O)O)s1. The van der Waals surface area contributed by atoms with Crippen molar-refractivity contribution in [2.45, 2.75) is 25.8 Å². The molecule has 1 heterocycles. The van der Waals surface area contributed by atoms with Crippen LogP contribution in [0.4, 0.5) is 0 Å². The molecule has 1 aromatic heterocycles. The Hall–Kier alpha value is -1.96. The number of rotatable bonds is 6. The zero-order valence-corrected chi connectivity index (χ0v) is 10.4. The zero-order valence-electron chi connectivity index (χ0n) is 9.54. The average molecular weight is 272 g/mol. The van der Waals surface area contributed by atoms with Gasteiger partial charge < -0.3 is 15.5 Å². The fourth-order valence-corrected chi connectivity index (χ4v) is 1.90. The molecule has 0 saturated heterocycles. The van der Waals surface area contributed by atoms with E-state index in [1.807, 2.05) is 0 Å². The van der Waals surface area contributed by atoms with Crippen molar-refractivity contribution in [3.05, 3.63) is 16.1 Å². The van der Waals surface area contributed by atoms with Gasteiger partial charge in [-0.3, -0.25) is 9.59 Å². The van der Waals surface area contributed by atoms with Crippen molar-refractivity contribution in [1.82, 2.24) is 10.3 Å². The van der Waals surface area contributed by atoms with E-state index in [2.05, 4.69) is 10.3 Å². The maximum atomic E-state index is 11.7. The smallest absolute Gasteiger partial charge is 0.326 e. The van der Waals surface area contributed by atoms with Crippen LogP contribution in [0.5, 0.6) is 0 Å². The molecule has 0 fully saturated rings. The summed E-state index contributed by atoms with van der Waals surface area (Å²) in [7, 11) is 0. The Bertz CT molecular complexity index is 471. The number of nitrogens with one attached hydrogen (secondary N) is 1. The molecule has 1 amide bonds. The third-order valence-corrected chi connectivity index (χ3v) is 3.01. The number of carboxylic acids is 2. The van der Waals surface area contributed by atoms with Crippen molar-refractivity contribution >= 4 is 29.2 Å². The first-order valence-corrected chi connectivity index (χ1v) is 5.89. The van der Waals surface area contributed by atoms with Crippen LogP contribution in [0.15, 0.2) is 6.20 Å². The van der Waals surface area contributed by atoms with E-state index >= 15 is 0 Å². The van der Waals surface area contributed by atoms with Gasteiger partial charge in [-0.15, -0.1) is 11.3 Å². The maximum Gasteiger partial charge on any atom is 0.326 e. The first-order valence-electron chi connectivity index (χ1n) is 5.08. The Morgan fingerprint density at radius 3 is 2.56 bits per heavy atom. The Morgan fingerprint density at radius 2 is 2.11 bits per heavy atom. The molecule has 1 atom stereocenters. The van der Waals surface area contributed by atoms with E-state index in [0.717, 1.165) is 11.3 Å². The van der Waals surface area contributed by atoms with Crippen molar-refractivity contribution in [3.63, 3.8) is 0 Å². The molecule has 0 saturated carbocycles. The lowest BCUT2D eigenvalue weighted by atomic mass is 10.1. The standard InChI is InChI=1S/C10H12N2O5S/c1-5-11-4-7(18-5)9(15)12-6(10(16)17)2-3-8(13)14/h4,6H,2-3H2,1H3,(H,12,15)(H,13,14)(H,16,17)/t6-/m0/s1. The van der Waals surface area contributed by atoms with Crippen LogP contribution in [0.1, 0.15) is 27.5 Å². The van der Waals surface area contributed by atoms with Crippen molar-refractivity contribution in [2.75, 3.05) is 0 Å². The summed E-state index contributed by atoms with van der Waals surface area (Å²) in [5.74, 6) is -2.92. The predicted molar refractivity (Wildman–Crippen MR) is 62.6 cm³/mol. The number of hydrogen-bond acceptors (Lipinski definition) is 5. The minimum Gasteiger partial charge on any atom is -0.481 e. The molecule has 0 bridgehead atoms. The number of aryl methyl sites for hydroxylation is 1. The molecule has 1 aromatic rings. The number of nitrogens with zero attached hydrogens (tertiary/aromatic N) is 1. The highest BCUT2D eigenvalue weighted by molar-refractivity contribution is 7.13. The van der Waals surface area contributed by atoms with Crippen molar-refractivity contribution in [1.29, 1.82) is 0 Å². The molecule has 7 nitrogen and oxygen atoms in total. The monoisotopic (exact) mass is 272 g/mol. The normalized spacial score (nSPS) is 11.8. The molecular formula is C10H12N2O5S. The van der Waals surface area contributed by atoms with E-state index in [1.165, 1.54) is 6.20 Å². The minimum atomic E-state index is -1.26. The Labute approximate surface area is 106 Å². The highest BCUT2D eigenvalue weighted by Gasteiger charge is 2.22. The van der Waals surface area contributed by atoms with Crippen LogP contribution in [0.25, 0.3) is 0 Å². The van der Waals surface area contributed by atoms with Crippen molar-refractivity contribution in [3.8, 4) is 0 Å². The number of aliphatic carboxylic acids is 2. The van der Waals surface area contributed by atoms with Crippen LogP contribution in [-0.4, -0.2) is 39.1 Å². The highest BCUT2D eigenvalue weighted by atomic mass is 32.1. The number of amides is 1. The molecule has 18 heavy (non-hydrogen) atoms. The quantitative estimate of drug-likeness (QED) is 0.694. The van der Waals surface area contributed by atoms with Crippen LogP contribution >= 0.6 is 11.3 Å². The summed E-state index contributed by atoms with van der Waals surface area (Å²) in [4.78, 5) is 37.1. The van der Waals surface area contributed by atoms with Gasteiger partial charge in [-0.25, -0.2) is 9.78 Å². The number of hydrogen-bond donors (Lipinski definition) is 3. The largest absolute Gasteiger partial charge is 0.481 e. The molecule has 0 aliphatic rings. The number of thiazole rings is 1. The topological polar surface area (TPSA) is 117 Å². The van der Waals surface area contributed by atoms with E-state index in [-0.39, 0.29) is 12.8 Å². The zero-order chi connectivity index (χ0) is 13.7. The highest BCUT2D eigenvalue weighted by Crippen LogP contribution is 2.11. The lowest BCUT2D eigenvalue weighted by molar-refractivity contribution is -0.140. The number of aromatic nitrogens is 1. The molecular weight excluding hydrogens is 260 g/mol. The van der Waals surface area contributed by atoms with E-state index < -0.39 is 23.9 Å². The van der Waals surface area contributed by atoms with Gasteiger partial charge in [0, 0.05) is 6.42 Å². The summed E-state index contributed by atoms with van der Waals surface area (Å²) in [5, 5.41) is 20.3. The number of carboxylic acid groups (broad SMARTS) is 2. The first kappa shape index (κ1) is 14.1. The average Bonchev–Trinajstić information content (AvgIpc) is 2.70. The fraction of sp³-hybridized carbons (Fsp3) is 0.400. The van der Waals surface area contributed by atoms with E-state index in [0.29, 0.717) is 9.88 Å². The Kier molecular flexibility index (Phi) is 4.78. The summed E-state index contributed by atoms with van der Waals surface area (Å²) < 4.78 is 0. The second kappa shape index (κ2) is 6.10. The minimum absolute atomic E-state index is 0.159. The van der Waals surface area contributed by atoms with Gasteiger partial charge in [-0.05, 0) is 13.3 Å². The Balaban J connectivity index is 2.63. The third-order valence-electron chi connectivity index (χ3n) is 2.10. The van der Waals surface area contributed by atoms with Gasteiger partial charge in [0.25, 0.3) is 5.91 Å². The molecule has 0 aliphatic heterocycles. The number of carbonyl (C=O) groups excluding carboxylic acids is 1. The fourth-order valence-electron chi connectivity index (χ4n) is 1.22. The Morgan fingerprint density at radius 1 is 1.44 bits per heavy atom. The summed E-state index contributed by atoms with van der Waals surface area (Å²) in [5.41, 5.74) is 0. The van der Waals surface area contributed by atoms with Crippen LogP contribution < -0.4 is 5.32 Å². The van der Waals surface area contributed by atoms with Gasteiger partial charge in [0.05, 0.1) is 11.2 Å². The molecule has 0 spiro atoms. The maximum absolute atomic E-state index is 11.7. The molecule has 0 aromatic carbocycles. The van der Waals surface area contributed by atoms with Crippen LogP contribution in [0.2, 0.25) is 0 Å². The summed E-state index contributed by atoms with van der Waals surface area (Å²) in [6.07, 6.45) is 0.874. The predicted octanol–water partition coefficient (Wildman–Crippen LogP) is 0.499. The lowest BCUT2D eigenvalue weighted by Crippen LogP contribution is -2.40. The lowest BCUT2D eigenvalue weighted by Gasteiger charge is -2.12. The second-order valence-corrected chi connectivity index (χ2v) is 4.78. The second-order valence-electron chi connectivity index (χ2n) is 3.54. The number of carbonyl (C=O) groups is 3. The van der Waals surface area contributed by atoms with Crippen LogP contribution in [0, 0.1) is 6.92 Å². The molecule has 1 rings (SSSR count). The van der Waals surface area contributed by atoms with E-state index in [4.69, 9.17) is 10.2 Å². The van der Waals surface area contributed by atoms with Gasteiger partial charge in [0.1, 0.15) is 10.9 Å². The van der Waals surface area contributed by atoms with E-state index in [9.17, 15) is 14.4 Å². The van der Waals surface area contributed by atoms with Gasteiger partial charge in [-0.2, -0.15) is 0 Å². The van der Waals surface area contributed by atoms with Gasteiger partial charge in [-0.1, -0.05) is 0 Å². The van der Waals surface area contributed by atoms with Crippen molar-refractivity contribution in [2.24, 2.45) is 0 Å². The molecule has 0 unspecified atom stereocenters. The van der Waals surface area contributed by atoms with Gasteiger partial charge >= 0.3 is 11.9 Å². The van der Waals surface area contributed by atoms with Gasteiger partial charge in [0.2, 0.25) is 0 Å². The van der Waals surface area contributed by atoms with E-state index in [1.54, 1.807) is 6.92 Å². The molecule has 0 aliphatic carbocycles. The van der Waals surface area contributed by atoms with Crippen LogP contribution in [0.3, 0.4) is 0 Å². The molecule has 0 radical (unpaired) electrons. The summed E-state index contributed by atoms with van der Waals surface area (Å²) >= 11 is 1.14. The first-order chi connectivity index (χ1) is 8.40. The molecule has 8 heteroatoms. The summed E-state index contributed by atoms with van der Waals surface area (Å²) in [6.45, 7) is 1.72. The third kappa shape index (κ3) is 4.13. The van der Waals surface area contributed by atoms with Crippen LogP contribution in [-0.2, 0) is 9.59 Å². The molecule has 3 N–H and O–H groups in total. The molecule has 98 valence electrons.